The van der Waals surface area contributed by atoms with Crippen LogP contribution < -0.4 is 11.5 Å². The van der Waals surface area contributed by atoms with Crippen LogP contribution in [0.3, 0.4) is 0 Å². The predicted molar refractivity (Wildman–Crippen MR) is 128 cm³/mol. The van der Waals surface area contributed by atoms with Crippen LogP contribution in [0.25, 0.3) is 0 Å². The van der Waals surface area contributed by atoms with E-state index in [0.29, 0.717) is 6.10 Å². The van der Waals surface area contributed by atoms with Crippen LogP contribution in [0.4, 0.5) is 11.4 Å². The molecule has 4 atom stereocenters. The molecule has 4 saturated heterocycles. The fraction of sp³-hybridized carbons (Fsp3) is 0.556. The van der Waals surface area contributed by atoms with E-state index in [4.69, 9.17) is 30.4 Å². The Morgan fingerprint density at radius 1 is 0.758 bits per heavy atom. The molecule has 0 saturated carbocycles. The maximum Gasteiger partial charge on any atom is 0.0851 e. The lowest BCUT2D eigenvalue weighted by Crippen LogP contribution is -2.34. The van der Waals surface area contributed by atoms with Crippen molar-refractivity contribution in [2.75, 3.05) is 37.9 Å². The van der Waals surface area contributed by atoms with E-state index in [0.717, 1.165) is 63.5 Å². The maximum absolute atomic E-state index is 6.97. The number of benzene rings is 2. The zero-order valence-corrected chi connectivity index (χ0v) is 19.6. The van der Waals surface area contributed by atoms with Crippen LogP contribution in [0.2, 0.25) is 0 Å². The van der Waals surface area contributed by atoms with Gasteiger partial charge in [-0.05, 0) is 72.2 Å². The number of hydrogen-bond donors (Lipinski definition) is 2. The second kappa shape index (κ2) is 7.98. The van der Waals surface area contributed by atoms with Crippen molar-refractivity contribution in [3.05, 3.63) is 57.6 Å². The van der Waals surface area contributed by atoms with E-state index in [2.05, 4.69) is 32.0 Å². The lowest BCUT2D eigenvalue weighted by molar-refractivity contribution is 0.298. The van der Waals surface area contributed by atoms with Crippen molar-refractivity contribution in [2.45, 2.75) is 69.4 Å². The highest BCUT2D eigenvalue weighted by Crippen LogP contribution is 2.50. The molecule has 0 aliphatic carbocycles. The fourth-order valence-corrected chi connectivity index (χ4v) is 5.61. The average molecular weight is 451 g/mol. The van der Waals surface area contributed by atoms with Crippen molar-refractivity contribution < 1.29 is 18.9 Å². The molecule has 4 aliphatic heterocycles. The van der Waals surface area contributed by atoms with E-state index in [-0.39, 0.29) is 23.7 Å². The van der Waals surface area contributed by atoms with Gasteiger partial charge in [-0.25, -0.2) is 0 Å². The Morgan fingerprint density at radius 3 is 1.82 bits per heavy atom. The largest absolute Gasteiger partial charge is 0.399 e. The molecule has 2 aromatic carbocycles. The SMILES string of the molecule is Cc1cc(N)cc(C(CC2CO2)(CC2CO2)c2cc(C)c(CC3CO3)c(N)c2CC2CO2)c1. The van der Waals surface area contributed by atoms with E-state index >= 15 is 0 Å². The van der Waals surface area contributed by atoms with Crippen LogP contribution in [-0.2, 0) is 37.2 Å². The second-order valence-corrected chi connectivity index (χ2v) is 10.5. The van der Waals surface area contributed by atoms with Gasteiger partial charge in [-0.3, -0.25) is 0 Å². The molecule has 0 spiro atoms. The Labute approximate surface area is 195 Å². The molecule has 4 N–H and O–H groups in total. The molecule has 4 unspecified atom stereocenters. The van der Waals surface area contributed by atoms with Crippen molar-refractivity contribution in [1.82, 2.24) is 0 Å². The summed E-state index contributed by atoms with van der Waals surface area (Å²) in [7, 11) is 0. The molecule has 4 heterocycles. The Hall–Kier alpha value is -2.12. The van der Waals surface area contributed by atoms with Gasteiger partial charge in [-0.1, -0.05) is 12.1 Å². The predicted octanol–water partition coefficient (Wildman–Crippen LogP) is 3.21. The highest BCUT2D eigenvalue weighted by Gasteiger charge is 2.47. The van der Waals surface area contributed by atoms with E-state index in [1.165, 1.54) is 33.4 Å². The molecule has 6 rings (SSSR count). The van der Waals surface area contributed by atoms with Gasteiger partial charge >= 0.3 is 0 Å². The minimum atomic E-state index is -0.278. The number of nitrogen functional groups attached to an aromatic ring is 2. The van der Waals surface area contributed by atoms with Gasteiger partial charge in [0.05, 0.1) is 50.8 Å². The molecule has 2 aromatic rings. The molecule has 6 heteroatoms. The summed E-state index contributed by atoms with van der Waals surface area (Å²) >= 11 is 0. The van der Waals surface area contributed by atoms with Gasteiger partial charge in [0, 0.05) is 29.6 Å². The summed E-state index contributed by atoms with van der Waals surface area (Å²) in [5, 5.41) is 0. The minimum absolute atomic E-state index is 0.244. The molecule has 6 nitrogen and oxygen atoms in total. The molecular weight excluding hydrogens is 416 g/mol. The van der Waals surface area contributed by atoms with Gasteiger partial charge in [-0.2, -0.15) is 0 Å². The molecule has 4 aliphatic rings. The number of epoxide rings is 4. The maximum atomic E-state index is 6.97. The van der Waals surface area contributed by atoms with Gasteiger partial charge in [-0.15, -0.1) is 0 Å². The first kappa shape index (κ1) is 21.4. The third-order valence-corrected chi connectivity index (χ3v) is 7.61. The summed E-state index contributed by atoms with van der Waals surface area (Å²) in [6, 6.07) is 8.85. The fourth-order valence-electron chi connectivity index (χ4n) is 5.61. The standard InChI is InChI=1S/C27H34N2O4/c1-15-3-17(6-18(28)4-15)27(9-21-13-32-21,10-22-14-33-22)25-5-16(2)23(7-19-11-30-19)26(29)24(25)8-20-12-31-20/h3-6,19-22H,7-14,28-29H2,1-2H3. The van der Waals surface area contributed by atoms with E-state index < -0.39 is 0 Å². The molecule has 33 heavy (non-hydrogen) atoms. The summed E-state index contributed by atoms with van der Waals surface area (Å²) in [5.41, 5.74) is 22.2. The first-order valence-electron chi connectivity index (χ1n) is 12.2. The van der Waals surface area contributed by atoms with Crippen molar-refractivity contribution in [1.29, 1.82) is 0 Å². The van der Waals surface area contributed by atoms with E-state index in [1.54, 1.807) is 0 Å². The lowest BCUT2D eigenvalue weighted by Gasteiger charge is -2.38. The molecule has 176 valence electrons. The van der Waals surface area contributed by atoms with Gasteiger partial charge in [0.1, 0.15) is 0 Å². The molecule has 0 bridgehead atoms. The minimum Gasteiger partial charge on any atom is -0.399 e. The van der Waals surface area contributed by atoms with Crippen LogP contribution in [0, 0.1) is 13.8 Å². The van der Waals surface area contributed by atoms with Crippen molar-refractivity contribution in [2.24, 2.45) is 0 Å². The monoisotopic (exact) mass is 450 g/mol. The van der Waals surface area contributed by atoms with Crippen molar-refractivity contribution in [3.8, 4) is 0 Å². The summed E-state index contributed by atoms with van der Waals surface area (Å²) in [6.07, 6.45) is 4.54. The third-order valence-electron chi connectivity index (χ3n) is 7.61. The summed E-state index contributed by atoms with van der Waals surface area (Å²) in [4.78, 5) is 0. The van der Waals surface area contributed by atoms with Gasteiger partial charge in [0.2, 0.25) is 0 Å². The number of nitrogens with two attached hydrogens (primary N) is 2. The Bertz CT molecular complexity index is 1030. The average Bonchev–Trinajstić information content (AvgIpc) is 3.60. The molecule has 0 radical (unpaired) electrons. The van der Waals surface area contributed by atoms with E-state index in [1.807, 2.05) is 6.07 Å². The van der Waals surface area contributed by atoms with Gasteiger partial charge in [0.15, 0.2) is 0 Å². The summed E-state index contributed by atoms with van der Waals surface area (Å²) in [5.74, 6) is 0. The molecule has 0 amide bonds. The quantitative estimate of drug-likeness (QED) is 0.426. The Balaban J connectivity index is 1.56. The van der Waals surface area contributed by atoms with Crippen LogP contribution in [0.1, 0.15) is 46.2 Å². The third kappa shape index (κ3) is 4.50. The zero-order valence-electron chi connectivity index (χ0n) is 19.6. The topological polar surface area (TPSA) is 102 Å². The normalized spacial score (nSPS) is 28.9. The molecule has 0 aromatic heterocycles. The van der Waals surface area contributed by atoms with Crippen molar-refractivity contribution >= 4 is 11.4 Å². The van der Waals surface area contributed by atoms with Gasteiger partial charge in [0.25, 0.3) is 0 Å². The smallest absolute Gasteiger partial charge is 0.0851 e. The first-order valence-corrected chi connectivity index (χ1v) is 12.2. The number of ether oxygens (including phenoxy) is 4. The Morgan fingerprint density at radius 2 is 1.30 bits per heavy atom. The summed E-state index contributed by atoms with van der Waals surface area (Å²) < 4.78 is 22.8. The van der Waals surface area contributed by atoms with Crippen LogP contribution in [-0.4, -0.2) is 50.8 Å². The summed E-state index contributed by atoms with van der Waals surface area (Å²) in [6.45, 7) is 7.54. The zero-order chi connectivity index (χ0) is 22.7. The van der Waals surface area contributed by atoms with E-state index in [9.17, 15) is 0 Å². The highest BCUT2D eigenvalue weighted by molar-refractivity contribution is 5.65. The number of hydrogen-bond acceptors (Lipinski definition) is 6. The first-order chi connectivity index (χ1) is 15.9. The number of rotatable bonds is 10. The number of aryl methyl sites for hydroxylation is 2. The highest BCUT2D eigenvalue weighted by atomic mass is 16.6. The Kier molecular flexibility index (Phi) is 5.18. The molecule has 4 fully saturated rings. The second-order valence-electron chi connectivity index (χ2n) is 10.5. The van der Waals surface area contributed by atoms with Crippen LogP contribution in [0.15, 0.2) is 24.3 Å². The van der Waals surface area contributed by atoms with Gasteiger partial charge < -0.3 is 30.4 Å². The molecular formula is C27H34N2O4. The van der Waals surface area contributed by atoms with Crippen molar-refractivity contribution in [3.63, 3.8) is 0 Å². The van der Waals surface area contributed by atoms with Crippen LogP contribution in [0.5, 0.6) is 0 Å². The number of anilines is 2. The lowest BCUT2D eigenvalue weighted by atomic mass is 9.65. The van der Waals surface area contributed by atoms with Crippen LogP contribution >= 0.6 is 0 Å².